The highest BCUT2D eigenvalue weighted by Gasteiger charge is 2.22. The number of aromatic hydroxyl groups is 1. The molecular formula is C24H29N3O. The minimum Gasteiger partial charge on any atom is -0.508 e. The molecule has 146 valence electrons. The van der Waals surface area contributed by atoms with Gasteiger partial charge in [0.05, 0.1) is 6.54 Å². The molecule has 1 fully saturated rings. The molecule has 1 aliphatic heterocycles. The fraction of sp³-hybridized carbons (Fsp3) is 0.375. The number of hydrogen-bond acceptors (Lipinski definition) is 3. The van der Waals surface area contributed by atoms with Crippen molar-refractivity contribution in [3.05, 3.63) is 83.7 Å². The Morgan fingerprint density at radius 2 is 1.75 bits per heavy atom. The van der Waals surface area contributed by atoms with Crippen molar-refractivity contribution in [3.63, 3.8) is 0 Å². The Morgan fingerprint density at radius 3 is 2.50 bits per heavy atom. The molecule has 1 aromatic heterocycles. The van der Waals surface area contributed by atoms with Crippen LogP contribution in [-0.4, -0.2) is 32.4 Å². The second-order valence-electron chi connectivity index (χ2n) is 7.85. The molecule has 0 radical (unpaired) electrons. The first kappa shape index (κ1) is 18.8. The van der Waals surface area contributed by atoms with E-state index < -0.39 is 0 Å². The topological polar surface area (TPSA) is 41.3 Å². The SMILES string of the molecule is Oc1cccc(CC[C@@H]2CCCCN2Cc2ccc(Cn3cccn3)cc2)c1. The summed E-state index contributed by atoms with van der Waals surface area (Å²) in [6, 6.07) is 19.3. The van der Waals surface area contributed by atoms with Gasteiger partial charge in [-0.3, -0.25) is 9.58 Å². The maximum Gasteiger partial charge on any atom is 0.115 e. The third-order valence-electron chi connectivity index (χ3n) is 5.74. The summed E-state index contributed by atoms with van der Waals surface area (Å²) in [7, 11) is 0. The van der Waals surface area contributed by atoms with E-state index >= 15 is 0 Å². The van der Waals surface area contributed by atoms with Crippen LogP contribution in [0.5, 0.6) is 5.75 Å². The summed E-state index contributed by atoms with van der Waals surface area (Å²) < 4.78 is 1.96. The molecule has 0 amide bonds. The Balaban J connectivity index is 1.35. The van der Waals surface area contributed by atoms with Crippen LogP contribution in [0.25, 0.3) is 0 Å². The number of aryl methyl sites for hydroxylation is 1. The first-order valence-corrected chi connectivity index (χ1v) is 10.3. The second kappa shape index (κ2) is 9.07. The fourth-order valence-corrected chi connectivity index (χ4v) is 4.21. The third kappa shape index (κ3) is 5.02. The van der Waals surface area contributed by atoms with Crippen molar-refractivity contribution >= 4 is 0 Å². The van der Waals surface area contributed by atoms with Crippen molar-refractivity contribution in [2.75, 3.05) is 6.54 Å². The van der Waals surface area contributed by atoms with Gasteiger partial charge in [-0.25, -0.2) is 0 Å². The Hall–Kier alpha value is -2.59. The van der Waals surface area contributed by atoms with Gasteiger partial charge >= 0.3 is 0 Å². The van der Waals surface area contributed by atoms with Gasteiger partial charge in [0.2, 0.25) is 0 Å². The van der Waals surface area contributed by atoms with E-state index in [1.165, 1.54) is 42.5 Å². The minimum absolute atomic E-state index is 0.369. The van der Waals surface area contributed by atoms with E-state index in [4.69, 9.17) is 0 Å². The van der Waals surface area contributed by atoms with Crippen molar-refractivity contribution < 1.29 is 5.11 Å². The van der Waals surface area contributed by atoms with E-state index in [0.717, 1.165) is 25.9 Å². The number of phenolic OH excluding ortho intramolecular Hbond substituents is 1. The van der Waals surface area contributed by atoms with Crippen LogP contribution in [0.2, 0.25) is 0 Å². The molecule has 4 heteroatoms. The van der Waals surface area contributed by atoms with Gasteiger partial charge < -0.3 is 5.11 Å². The molecule has 1 atom stereocenters. The molecule has 0 spiro atoms. The quantitative estimate of drug-likeness (QED) is 0.655. The van der Waals surface area contributed by atoms with E-state index in [-0.39, 0.29) is 0 Å². The predicted molar refractivity (Wildman–Crippen MR) is 112 cm³/mol. The van der Waals surface area contributed by atoms with Gasteiger partial charge in [-0.05, 0) is 67.1 Å². The van der Waals surface area contributed by atoms with Crippen molar-refractivity contribution in [1.82, 2.24) is 14.7 Å². The molecule has 0 unspecified atom stereocenters. The Kier molecular flexibility index (Phi) is 6.07. The van der Waals surface area contributed by atoms with Crippen LogP contribution in [0, 0.1) is 0 Å². The lowest BCUT2D eigenvalue weighted by Gasteiger charge is -2.36. The molecule has 28 heavy (non-hydrogen) atoms. The number of hydrogen-bond donors (Lipinski definition) is 1. The molecule has 2 heterocycles. The highest BCUT2D eigenvalue weighted by Crippen LogP contribution is 2.24. The highest BCUT2D eigenvalue weighted by molar-refractivity contribution is 5.27. The maximum atomic E-state index is 9.68. The molecule has 2 aromatic carbocycles. The molecule has 3 aromatic rings. The Labute approximate surface area is 167 Å². The Morgan fingerprint density at radius 1 is 0.929 bits per heavy atom. The number of rotatable bonds is 7. The average molecular weight is 376 g/mol. The summed E-state index contributed by atoms with van der Waals surface area (Å²) in [5.74, 6) is 0.369. The van der Waals surface area contributed by atoms with Crippen molar-refractivity contribution in [2.24, 2.45) is 0 Å². The first-order valence-electron chi connectivity index (χ1n) is 10.3. The smallest absolute Gasteiger partial charge is 0.115 e. The molecule has 4 nitrogen and oxygen atoms in total. The number of likely N-dealkylation sites (tertiary alicyclic amines) is 1. The van der Waals surface area contributed by atoms with Crippen LogP contribution in [0.15, 0.2) is 67.0 Å². The number of piperidine rings is 1. The number of benzene rings is 2. The summed E-state index contributed by atoms with van der Waals surface area (Å²) in [6.07, 6.45) is 9.89. The normalized spacial score (nSPS) is 17.6. The number of aromatic nitrogens is 2. The van der Waals surface area contributed by atoms with Crippen LogP contribution in [0.1, 0.15) is 42.4 Å². The summed E-state index contributed by atoms with van der Waals surface area (Å²) in [5.41, 5.74) is 3.90. The van der Waals surface area contributed by atoms with Gasteiger partial charge in [-0.1, -0.05) is 42.8 Å². The summed E-state index contributed by atoms with van der Waals surface area (Å²) in [6.45, 7) is 3.02. The lowest BCUT2D eigenvalue weighted by atomic mass is 9.95. The molecule has 0 saturated carbocycles. The van der Waals surface area contributed by atoms with Crippen LogP contribution in [0.3, 0.4) is 0 Å². The van der Waals surface area contributed by atoms with Crippen LogP contribution >= 0.6 is 0 Å². The molecular weight excluding hydrogens is 346 g/mol. The number of phenols is 1. The van der Waals surface area contributed by atoms with E-state index in [0.29, 0.717) is 11.8 Å². The van der Waals surface area contributed by atoms with Gasteiger partial charge in [0.1, 0.15) is 5.75 Å². The maximum absolute atomic E-state index is 9.68. The minimum atomic E-state index is 0.369. The second-order valence-corrected chi connectivity index (χ2v) is 7.85. The van der Waals surface area contributed by atoms with E-state index in [2.05, 4.69) is 40.3 Å². The zero-order valence-electron chi connectivity index (χ0n) is 16.4. The Bertz CT molecular complexity index is 858. The lowest BCUT2D eigenvalue weighted by molar-refractivity contribution is 0.132. The predicted octanol–water partition coefficient (Wildman–Crippen LogP) is 4.62. The van der Waals surface area contributed by atoms with Gasteiger partial charge in [-0.2, -0.15) is 5.10 Å². The van der Waals surface area contributed by atoms with Crippen LogP contribution < -0.4 is 0 Å². The van der Waals surface area contributed by atoms with Crippen molar-refractivity contribution in [2.45, 2.75) is 51.2 Å². The lowest BCUT2D eigenvalue weighted by Crippen LogP contribution is -2.39. The van der Waals surface area contributed by atoms with Crippen molar-refractivity contribution in [1.29, 1.82) is 0 Å². The van der Waals surface area contributed by atoms with E-state index in [1.807, 2.05) is 35.3 Å². The molecule has 0 bridgehead atoms. The molecule has 4 rings (SSSR count). The van der Waals surface area contributed by atoms with E-state index in [1.54, 1.807) is 6.07 Å². The third-order valence-corrected chi connectivity index (χ3v) is 5.74. The zero-order valence-corrected chi connectivity index (χ0v) is 16.4. The summed E-state index contributed by atoms with van der Waals surface area (Å²) in [4.78, 5) is 2.65. The first-order chi connectivity index (χ1) is 13.8. The van der Waals surface area contributed by atoms with Gasteiger partial charge in [0, 0.05) is 25.0 Å². The van der Waals surface area contributed by atoms with Gasteiger partial charge in [0.15, 0.2) is 0 Å². The summed E-state index contributed by atoms with van der Waals surface area (Å²) >= 11 is 0. The standard InChI is InChI=1S/C24H29N3O/c28-24-7-3-5-20(17-24)12-13-23-6-1-2-15-26(23)18-21-8-10-22(11-9-21)19-27-16-4-14-25-27/h3-5,7-11,14,16-17,23,28H,1-2,6,12-13,15,18-19H2/t23-/m0/s1. The molecule has 0 aliphatic carbocycles. The monoisotopic (exact) mass is 375 g/mol. The van der Waals surface area contributed by atoms with Crippen LogP contribution in [-0.2, 0) is 19.5 Å². The van der Waals surface area contributed by atoms with Gasteiger partial charge in [0.25, 0.3) is 0 Å². The molecule has 1 saturated heterocycles. The highest BCUT2D eigenvalue weighted by atomic mass is 16.3. The molecule has 1 N–H and O–H groups in total. The van der Waals surface area contributed by atoms with Gasteiger partial charge in [-0.15, -0.1) is 0 Å². The average Bonchev–Trinajstić information content (AvgIpc) is 3.22. The van der Waals surface area contributed by atoms with Crippen molar-refractivity contribution in [3.8, 4) is 5.75 Å². The molecule has 1 aliphatic rings. The fourth-order valence-electron chi connectivity index (χ4n) is 4.21. The zero-order chi connectivity index (χ0) is 19.2. The van der Waals surface area contributed by atoms with E-state index in [9.17, 15) is 5.11 Å². The summed E-state index contributed by atoms with van der Waals surface area (Å²) in [5, 5.41) is 14.0. The van der Waals surface area contributed by atoms with Crippen LogP contribution in [0.4, 0.5) is 0 Å². The largest absolute Gasteiger partial charge is 0.508 e. The number of nitrogens with zero attached hydrogens (tertiary/aromatic N) is 3.